The lowest BCUT2D eigenvalue weighted by Crippen LogP contribution is -2.68. The lowest BCUT2D eigenvalue weighted by Gasteiger charge is -2.49. The Balaban J connectivity index is 1.29. The molecule has 2 fully saturated rings. The molecule has 3 aromatic rings. The van der Waals surface area contributed by atoms with Gasteiger partial charge in [-0.1, -0.05) is 12.1 Å². The van der Waals surface area contributed by atoms with Crippen LogP contribution < -0.4 is 16.0 Å². The minimum Gasteiger partial charge on any atom is -0.381 e. The summed E-state index contributed by atoms with van der Waals surface area (Å²) in [4.78, 5) is 18.6. The van der Waals surface area contributed by atoms with E-state index in [-0.39, 0.29) is 5.54 Å². The molecule has 2 amide bonds. The van der Waals surface area contributed by atoms with Gasteiger partial charge in [0, 0.05) is 54.4 Å². The molecule has 13 heteroatoms. The molecule has 1 aliphatic carbocycles. The summed E-state index contributed by atoms with van der Waals surface area (Å²) in [5, 5.41) is 29.4. The normalized spacial score (nSPS) is 17.1. The van der Waals surface area contributed by atoms with E-state index in [4.69, 9.17) is 5.41 Å². The summed E-state index contributed by atoms with van der Waals surface area (Å²) < 4.78 is 38.7. The molecule has 1 aliphatic heterocycles. The Hall–Kier alpha value is -4.44. The quantitative estimate of drug-likeness (QED) is 0.281. The number of nitrogens with one attached hydrogen (secondary N) is 4. The van der Waals surface area contributed by atoms with Crippen molar-refractivity contribution in [3.05, 3.63) is 54.5 Å². The number of carbonyl (C=O) groups excluding carboxylic acids is 1. The second-order valence-electron chi connectivity index (χ2n) is 10.3. The first-order valence-electron chi connectivity index (χ1n) is 12.8. The summed E-state index contributed by atoms with van der Waals surface area (Å²) in [5.74, 6) is 0.784. The van der Waals surface area contributed by atoms with Gasteiger partial charge in [-0.25, -0.2) is 14.3 Å². The van der Waals surface area contributed by atoms with Crippen LogP contribution >= 0.6 is 0 Å². The number of anilines is 1. The molecule has 0 unspecified atom stereocenters. The van der Waals surface area contributed by atoms with Gasteiger partial charge in [-0.05, 0) is 37.0 Å². The smallest absolute Gasteiger partial charge is 0.381 e. The largest absolute Gasteiger partial charge is 0.405 e. The highest BCUT2D eigenvalue weighted by atomic mass is 19.4. The minimum absolute atomic E-state index is 0.307. The number of carbonyl (C=O) groups is 1. The van der Waals surface area contributed by atoms with E-state index in [0.29, 0.717) is 40.1 Å². The van der Waals surface area contributed by atoms with Gasteiger partial charge in [0.05, 0.1) is 36.1 Å². The maximum atomic E-state index is 12.4. The molecule has 208 valence electrons. The predicted molar refractivity (Wildman–Crippen MR) is 144 cm³/mol. The summed E-state index contributed by atoms with van der Waals surface area (Å²) >= 11 is 0. The average molecular weight is 552 g/mol. The topological polar surface area (TPSA) is 134 Å². The number of imidazole rings is 1. The number of rotatable bonds is 10. The number of hydrogen-bond acceptors (Lipinski definition) is 7. The summed E-state index contributed by atoms with van der Waals surface area (Å²) in [5.41, 5.74) is 3.01. The summed E-state index contributed by atoms with van der Waals surface area (Å²) in [6.45, 7) is 1.22. The molecule has 2 aromatic heterocycles. The lowest BCUT2D eigenvalue weighted by atomic mass is 9.86. The van der Waals surface area contributed by atoms with Crippen LogP contribution in [0, 0.1) is 22.7 Å². The second-order valence-corrected chi connectivity index (χ2v) is 10.3. The number of aromatic nitrogens is 3. The van der Waals surface area contributed by atoms with E-state index >= 15 is 0 Å². The molecule has 0 bridgehead atoms. The zero-order valence-corrected chi connectivity index (χ0v) is 21.5. The zero-order chi connectivity index (χ0) is 28.3. The van der Waals surface area contributed by atoms with Crippen molar-refractivity contribution in [1.29, 1.82) is 10.7 Å². The van der Waals surface area contributed by atoms with Gasteiger partial charge < -0.3 is 21.4 Å². The molecule has 1 saturated carbocycles. The molecular formula is C27H28F3N9O. The zero-order valence-electron chi connectivity index (χ0n) is 21.5. The van der Waals surface area contributed by atoms with Crippen LogP contribution in [0.1, 0.15) is 24.8 Å². The Morgan fingerprint density at radius 2 is 2.05 bits per heavy atom. The van der Waals surface area contributed by atoms with Crippen molar-refractivity contribution >= 4 is 29.2 Å². The van der Waals surface area contributed by atoms with Crippen molar-refractivity contribution in [1.82, 2.24) is 30.1 Å². The van der Waals surface area contributed by atoms with Crippen molar-refractivity contribution in [2.75, 3.05) is 31.5 Å². The van der Waals surface area contributed by atoms with Crippen LogP contribution in [0.5, 0.6) is 0 Å². The lowest BCUT2D eigenvalue weighted by molar-refractivity contribution is -0.122. The molecule has 2 aliphatic rings. The van der Waals surface area contributed by atoms with Gasteiger partial charge in [0.2, 0.25) is 0 Å². The van der Waals surface area contributed by atoms with Gasteiger partial charge >= 0.3 is 12.2 Å². The van der Waals surface area contributed by atoms with Crippen LogP contribution in [0.15, 0.2) is 48.9 Å². The number of halogens is 3. The number of amides is 2. The highest BCUT2D eigenvalue weighted by molar-refractivity contribution is 6.08. The third-order valence-corrected chi connectivity index (χ3v) is 6.93. The minimum atomic E-state index is -4.50. The van der Waals surface area contributed by atoms with Gasteiger partial charge in [-0.3, -0.25) is 4.90 Å². The third kappa shape index (κ3) is 6.40. The van der Waals surface area contributed by atoms with E-state index in [2.05, 4.69) is 31.7 Å². The highest BCUT2D eigenvalue weighted by Crippen LogP contribution is 2.34. The number of nitriles is 1. The number of nitrogens with zero attached hydrogens (tertiary/aromatic N) is 5. The Labute approximate surface area is 228 Å². The number of allylic oxidation sites excluding steroid dienone is 1. The number of likely N-dealkylation sites (tertiary alicyclic amines) is 1. The van der Waals surface area contributed by atoms with Crippen molar-refractivity contribution in [3.63, 3.8) is 0 Å². The second kappa shape index (κ2) is 11.0. The maximum Gasteiger partial charge on any atom is 0.405 e. The number of benzene rings is 1. The SMILES string of the molecule is N#CCC1(N/C=C(\C=N)c2cnn3c(-c4cccc(NC(=O)NCC(F)(F)F)c4)cnc3c2)CN(CC2CC2)C1. The molecule has 1 saturated heterocycles. The van der Waals surface area contributed by atoms with E-state index in [1.165, 1.54) is 19.1 Å². The molecule has 4 N–H and O–H groups in total. The summed E-state index contributed by atoms with van der Waals surface area (Å²) in [6, 6.07) is 9.70. The molecule has 3 heterocycles. The number of fused-ring (bicyclic) bond motifs is 1. The number of alkyl halides is 3. The fourth-order valence-corrected chi connectivity index (χ4v) is 4.79. The van der Waals surface area contributed by atoms with Gasteiger partial charge in [0.15, 0.2) is 5.65 Å². The Kier molecular flexibility index (Phi) is 7.44. The molecule has 1 aromatic carbocycles. The fourth-order valence-electron chi connectivity index (χ4n) is 4.79. The Morgan fingerprint density at radius 3 is 2.75 bits per heavy atom. The van der Waals surface area contributed by atoms with E-state index < -0.39 is 18.8 Å². The fraction of sp³-hybridized carbons (Fsp3) is 0.370. The molecule has 10 nitrogen and oxygen atoms in total. The predicted octanol–water partition coefficient (Wildman–Crippen LogP) is 4.04. The Bertz CT molecular complexity index is 1480. The van der Waals surface area contributed by atoms with Crippen molar-refractivity contribution in [2.45, 2.75) is 31.0 Å². The Morgan fingerprint density at radius 1 is 1.25 bits per heavy atom. The first kappa shape index (κ1) is 27.1. The number of urea groups is 1. The van der Waals surface area contributed by atoms with Crippen LogP contribution in [0.2, 0.25) is 0 Å². The molecule has 0 radical (unpaired) electrons. The van der Waals surface area contributed by atoms with E-state index in [1.807, 2.05) is 0 Å². The van der Waals surface area contributed by atoms with Gasteiger partial charge in [0.25, 0.3) is 0 Å². The summed E-state index contributed by atoms with van der Waals surface area (Å²) in [7, 11) is 0. The summed E-state index contributed by atoms with van der Waals surface area (Å²) in [6.07, 6.45) is 4.63. The standard InChI is InChI=1S/C27H28F3N9O/c28-27(29,30)15-34-25(40)37-22-3-1-2-19(8-22)23-13-33-24-9-20(12-36-39(23)24)21(10-32)11-35-26(6-7-31)16-38(17-26)14-18-4-5-18/h1-3,8-13,18,32,35H,4-6,14-17H2,(H2,34,37,40)/b21-11+,32-10?. The molecular weight excluding hydrogens is 523 g/mol. The monoisotopic (exact) mass is 551 g/mol. The van der Waals surface area contributed by atoms with E-state index in [0.717, 1.165) is 25.6 Å². The van der Waals surface area contributed by atoms with Gasteiger partial charge in [-0.15, -0.1) is 0 Å². The molecule has 0 spiro atoms. The van der Waals surface area contributed by atoms with Crippen LogP contribution in [0.4, 0.5) is 23.7 Å². The highest BCUT2D eigenvalue weighted by Gasteiger charge is 2.43. The van der Waals surface area contributed by atoms with Crippen LogP contribution in [0.3, 0.4) is 0 Å². The molecule has 0 atom stereocenters. The van der Waals surface area contributed by atoms with E-state index in [1.54, 1.807) is 58.8 Å². The first-order valence-corrected chi connectivity index (χ1v) is 12.8. The third-order valence-electron chi connectivity index (χ3n) is 6.93. The number of hydrogen-bond donors (Lipinski definition) is 4. The van der Waals surface area contributed by atoms with Crippen LogP contribution in [-0.4, -0.2) is 69.6 Å². The molecule has 5 rings (SSSR count). The van der Waals surface area contributed by atoms with Gasteiger partial charge in [0.1, 0.15) is 6.54 Å². The first-order chi connectivity index (χ1) is 19.2. The maximum absolute atomic E-state index is 12.4. The van der Waals surface area contributed by atoms with Gasteiger partial charge in [-0.2, -0.15) is 23.5 Å². The van der Waals surface area contributed by atoms with Crippen molar-refractivity contribution in [3.8, 4) is 17.3 Å². The van der Waals surface area contributed by atoms with E-state index in [9.17, 15) is 23.2 Å². The van der Waals surface area contributed by atoms with Crippen molar-refractivity contribution < 1.29 is 18.0 Å². The molecule has 40 heavy (non-hydrogen) atoms. The average Bonchev–Trinajstić information content (AvgIpc) is 3.62. The van der Waals surface area contributed by atoms with Crippen LogP contribution in [-0.2, 0) is 0 Å². The van der Waals surface area contributed by atoms with Crippen LogP contribution in [0.25, 0.3) is 22.5 Å². The van der Waals surface area contributed by atoms with Crippen molar-refractivity contribution in [2.24, 2.45) is 5.92 Å².